The van der Waals surface area contributed by atoms with E-state index in [9.17, 15) is 18.4 Å². The van der Waals surface area contributed by atoms with Crippen molar-refractivity contribution in [2.24, 2.45) is 0 Å². The molecular formula is C12H14F3NO. The first kappa shape index (κ1) is 13.7. The van der Waals surface area contributed by atoms with Gasteiger partial charge in [-0.3, -0.25) is 0 Å². The van der Waals surface area contributed by atoms with E-state index in [1.807, 2.05) is 0 Å². The van der Waals surface area contributed by atoms with Gasteiger partial charge in [0.15, 0.2) is 0 Å². The normalized spacial score (nSPS) is 15.6. The number of hydrogen-bond acceptors (Lipinski definition) is 2. The van der Waals surface area contributed by atoms with Crippen molar-refractivity contribution < 1.29 is 18.4 Å². The summed E-state index contributed by atoms with van der Waals surface area (Å²) in [5.74, 6) is 0. The molecule has 5 heteroatoms. The van der Waals surface area contributed by atoms with Crippen LogP contribution < -0.4 is 0 Å². The van der Waals surface area contributed by atoms with E-state index in [1.54, 1.807) is 30.3 Å². The smallest absolute Gasteiger partial charge is 0.313 e. The SMILES string of the molecule is C=CC(N(O)[C@@H](C)c1ccccc1)C(F)(F)F. The molecule has 1 rings (SSSR count). The first-order valence-corrected chi connectivity index (χ1v) is 5.09. The van der Waals surface area contributed by atoms with Crippen molar-refractivity contribution in [3.63, 3.8) is 0 Å². The highest BCUT2D eigenvalue weighted by molar-refractivity contribution is 5.18. The molecule has 0 saturated carbocycles. The minimum Gasteiger partial charge on any atom is -0.313 e. The van der Waals surface area contributed by atoms with E-state index in [-0.39, 0.29) is 5.06 Å². The van der Waals surface area contributed by atoms with E-state index in [4.69, 9.17) is 0 Å². The fourth-order valence-corrected chi connectivity index (χ4v) is 1.52. The first-order chi connectivity index (χ1) is 7.88. The summed E-state index contributed by atoms with van der Waals surface area (Å²) in [5, 5.41) is 9.87. The summed E-state index contributed by atoms with van der Waals surface area (Å²) < 4.78 is 37.7. The Hall–Kier alpha value is -1.33. The van der Waals surface area contributed by atoms with Crippen LogP contribution in [-0.2, 0) is 0 Å². The molecule has 0 fully saturated rings. The van der Waals surface area contributed by atoms with Crippen LogP contribution in [0.3, 0.4) is 0 Å². The van der Waals surface area contributed by atoms with Gasteiger partial charge in [0.1, 0.15) is 6.04 Å². The van der Waals surface area contributed by atoms with Crippen LogP contribution in [0.2, 0.25) is 0 Å². The highest BCUT2D eigenvalue weighted by atomic mass is 19.4. The Morgan fingerprint density at radius 3 is 2.24 bits per heavy atom. The van der Waals surface area contributed by atoms with Crippen LogP contribution in [0.4, 0.5) is 13.2 Å². The lowest BCUT2D eigenvalue weighted by Gasteiger charge is -2.30. The fraction of sp³-hybridized carbons (Fsp3) is 0.333. The number of benzene rings is 1. The Kier molecular flexibility index (Phi) is 4.31. The van der Waals surface area contributed by atoms with Crippen LogP contribution in [-0.4, -0.2) is 22.5 Å². The van der Waals surface area contributed by atoms with Crippen molar-refractivity contribution in [2.45, 2.75) is 25.2 Å². The maximum absolute atomic E-state index is 12.6. The Labute approximate surface area is 97.9 Å². The molecule has 0 aromatic heterocycles. The monoisotopic (exact) mass is 245 g/mol. The molecule has 0 aliphatic heterocycles. The number of hydrogen-bond donors (Lipinski definition) is 1. The van der Waals surface area contributed by atoms with Gasteiger partial charge in [0.2, 0.25) is 0 Å². The van der Waals surface area contributed by atoms with Crippen LogP contribution in [0.15, 0.2) is 43.0 Å². The average molecular weight is 245 g/mol. The molecule has 0 amide bonds. The van der Waals surface area contributed by atoms with Gasteiger partial charge in [0, 0.05) is 0 Å². The zero-order valence-corrected chi connectivity index (χ0v) is 9.35. The number of halogens is 3. The van der Waals surface area contributed by atoms with Gasteiger partial charge in [-0.1, -0.05) is 36.4 Å². The standard InChI is InChI=1S/C12H14F3NO/c1-3-11(12(13,14)15)16(17)9(2)10-7-5-4-6-8-10/h3-9,11,17H,1H2,2H3/t9-,11?/m0/s1. The molecule has 0 aliphatic carbocycles. The summed E-state index contributed by atoms with van der Waals surface area (Å²) in [5.41, 5.74) is 0.603. The van der Waals surface area contributed by atoms with Crippen LogP contribution in [0.1, 0.15) is 18.5 Å². The summed E-state index contributed by atoms with van der Waals surface area (Å²) in [6.07, 6.45) is -3.86. The van der Waals surface area contributed by atoms with Crippen molar-refractivity contribution in [2.75, 3.05) is 0 Å². The second-order valence-corrected chi connectivity index (χ2v) is 3.69. The van der Waals surface area contributed by atoms with E-state index >= 15 is 0 Å². The largest absolute Gasteiger partial charge is 0.409 e. The van der Waals surface area contributed by atoms with Crippen LogP contribution in [0.25, 0.3) is 0 Å². The van der Waals surface area contributed by atoms with E-state index in [1.165, 1.54) is 6.92 Å². The molecule has 2 atom stereocenters. The van der Waals surface area contributed by atoms with Gasteiger partial charge in [-0.15, -0.1) is 6.58 Å². The zero-order chi connectivity index (χ0) is 13.1. The molecule has 0 heterocycles. The molecule has 94 valence electrons. The van der Waals surface area contributed by atoms with Gasteiger partial charge in [-0.2, -0.15) is 18.2 Å². The van der Waals surface area contributed by atoms with Gasteiger partial charge in [0.25, 0.3) is 0 Å². The highest BCUT2D eigenvalue weighted by Crippen LogP contribution is 2.30. The predicted octanol–water partition coefficient (Wildman–Crippen LogP) is 3.56. The Bertz CT molecular complexity index is 364. The molecule has 0 aliphatic rings. The van der Waals surface area contributed by atoms with E-state index in [0.717, 1.165) is 0 Å². The first-order valence-electron chi connectivity index (χ1n) is 5.09. The summed E-state index contributed by atoms with van der Waals surface area (Å²) in [6.45, 7) is 4.60. The second-order valence-electron chi connectivity index (χ2n) is 3.69. The number of rotatable bonds is 4. The average Bonchev–Trinajstić information content (AvgIpc) is 2.28. The molecule has 2 nitrogen and oxygen atoms in total. The van der Waals surface area contributed by atoms with Crippen molar-refractivity contribution in [1.82, 2.24) is 5.06 Å². The molecule has 1 N–H and O–H groups in total. The molecule has 1 aromatic carbocycles. The zero-order valence-electron chi connectivity index (χ0n) is 9.35. The van der Waals surface area contributed by atoms with E-state index in [0.29, 0.717) is 11.6 Å². The lowest BCUT2D eigenvalue weighted by molar-refractivity contribution is -0.251. The van der Waals surface area contributed by atoms with Gasteiger partial charge in [-0.05, 0) is 12.5 Å². The topological polar surface area (TPSA) is 23.5 Å². The lowest BCUT2D eigenvalue weighted by atomic mass is 10.1. The molecule has 0 radical (unpaired) electrons. The predicted molar refractivity (Wildman–Crippen MR) is 58.5 cm³/mol. The molecule has 0 spiro atoms. The minimum atomic E-state index is -4.54. The molecule has 0 bridgehead atoms. The maximum Gasteiger partial charge on any atom is 0.409 e. The number of nitrogens with zero attached hydrogens (tertiary/aromatic N) is 1. The van der Waals surface area contributed by atoms with Gasteiger partial charge >= 0.3 is 6.18 Å². The minimum absolute atomic E-state index is 0.266. The quantitative estimate of drug-likeness (QED) is 0.647. The van der Waals surface area contributed by atoms with Gasteiger partial charge in [-0.25, -0.2) is 0 Å². The van der Waals surface area contributed by atoms with E-state index < -0.39 is 18.3 Å². The third kappa shape index (κ3) is 3.31. The summed E-state index contributed by atoms with van der Waals surface area (Å²) >= 11 is 0. The molecular weight excluding hydrogens is 231 g/mol. The lowest BCUT2D eigenvalue weighted by Crippen LogP contribution is -2.43. The molecule has 1 unspecified atom stereocenters. The molecule has 0 saturated heterocycles. The van der Waals surface area contributed by atoms with Crippen molar-refractivity contribution in [3.8, 4) is 0 Å². The van der Waals surface area contributed by atoms with Crippen molar-refractivity contribution in [1.29, 1.82) is 0 Å². The maximum atomic E-state index is 12.6. The number of hydroxylamine groups is 2. The summed E-state index contributed by atoms with van der Waals surface area (Å²) in [7, 11) is 0. The second kappa shape index (κ2) is 5.33. The Morgan fingerprint density at radius 1 is 1.29 bits per heavy atom. The van der Waals surface area contributed by atoms with Crippen molar-refractivity contribution >= 4 is 0 Å². The molecule has 17 heavy (non-hydrogen) atoms. The van der Waals surface area contributed by atoms with E-state index in [2.05, 4.69) is 6.58 Å². The highest BCUT2D eigenvalue weighted by Gasteiger charge is 2.43. The van der Waals surface area contributed by atoms with Gasteiger partial charge in [0.05, 0.1) is 6.04 Å². The third-order valence-corrected chi connectivity index (χ3v) is 2.52. The van der Waals surface area contributed by atoms with Crippen LogP contribution >= 0.6 is 0 Å². The Morgan fingerprint density at radius 2 is 1.82 bits per heavy atom. The third-order valence-electron chi connectivity index (χ3n) is 2.52. The fourth-order valence-electron chi connectivity index (χ4n) is 1.52. The molecule has 1 aromatic rings. The summed E-state index contributed by atoms with van der Waals surface area (Å²) in [6, 6.07) is 5.65. The van der Waals surface area contributed by atoms with Crippen LogP contribution in [0.5, 0.6) is 0 Å². The number of alkyl halides is 3. The summed E-state index contributed by atoms with van der Waals surface area (Å²) in [4.78, 5) is 0. The van der Waals surface area contributed by atoms with Gasteiger partial charge < -0.3 is 5.21 Å². The van der Waals surface area contributed by atoms with Crippen molar-refractivity contribution in [3.05, 3.63) is 48.6 Å². The Balaban J connectivity index is 2.89. The van der Waals surface area contributed by atoms with Crippen LogP contribution in [0, 0.1) is 0 Å².